The summed E-state index contributed by atoms with van der Waals surface area (Å²) in [6.07, 6.45) is 0.851. The third kappa shape index (κ3) is 3.19. The minimum absolute atomic E-state index is 0.00936. The van der Waals surface area contributed by atoms with E-state index in [2.05, 4.69) is 17.1 Å². The number of hydrogen-bond acceptors (Lipinski definition) is 4. The Morgan fingerprint density at radius 3 is 2.65 bits per heavy atom. The van der Waals surface area contributed by atoms with Gasteiger partial charge in [0.2, 0.25) is 0 Å². The molecule has 0 amide bonds. The Kier molecular flexibility index (Phi) is 5.15. The summed E-state index contributed by atoms with van der Waals surface area (Å²) in [5.74, 6) is 1.05. The molecule has 4 heteroatoms. The van der Waals surface area contributed by atoms with E-state index in [9.17, 15) is 4.79 Å². The molecule has 1 atom stereocenters. The number of ketones is 1. The van der Waals surface area contributed by atoms with Gasteiger partial charge in [0.1, 0.15) is 5.75 Å². The number of aryl methyl sites for hydroxylation is 1. The molecule has 1 heterocycles. The van der Waals surface area contributed by atoms with Crippen molar-refractivity contribution in [2.24, 2.45) is 0 Å². The Hall–Kier alpha value is -1.39. The SMILES string of the molecule is CCC(C(=O)c1ccc(OC)c(C)c1)N1CCNCC1. The summed E-state index contributed by atoms with van der Waals surface area (Å²) in [5, 5.41) is 3.33. The Bertz CT molecular complexity index is 468. The van der Waals surface area contributed by atoms with Gasteiger partial charge in [-0.3, -0.25) is 9.69 Å². The Morgan fingerprint density at radius 1 is 1.40 bits per heavy atom. The van der Waals surface area contributed by atoms with Crippen molar-refractivity contribution in [2.45, 2.75) is 26.3 Å². The van der Waals surface area contributed by atoms with Crippen LogP contribution in [0.2, 0.25) is 0 Å². The molecule has 1 aliphatic heterocycles. The second kappa shape index (κ2) is 6.86. The first-order valence-corrected chi connectivity index (χ1v) is 7.31. The molecule has 1 aromatic carbocycles. The summed E-state index contributed by atoms with van der Waals surface area (Å²) in [7, 11) is 1.65. The zero-order valence-electron chi connectivity index (χ0n) is 12.6. The van der Waals surface area contributed by atoms with Crippen LogP contribution in [0.1, 0.15) is 29.3 Å². The van der Waals surface area contributed by atoms with Gasteiger partial charge in [0.05, 0.1) is 13.2 Å². The van der Waals surface area contributed by atoms with E-state index in [0.29, 0.717) is 0 Å². The summed E-state index contributed by atoms with van der Waals surface area (Å²) in [6, 6.07) is 5.68. The van der Waals surface area contributed by atoms with Gasteiger partial charge in [0.25, 0.3) is 0 Å². The second-order valence-corrected chi connectivity index (χ2v) is 5.26. The maximum atomic E-state index is 12.7. The molecule has 4 nitrogen and oxygen atoms in total. The third-order valence-corrected chi connectivity index (χ3v) is 3.96. The van der Waals surface area contributed by atoms with Crippen molar-refractivity contribution in [3.8, 4) is 5.75 Å². The van der Waals surface area contributed by atoms with Crippen LogP contribution >= 0.6 is 0 Å². The summed E-state index contributed by atoms with van der Waals surface area (Å²) < 4.78 is 5.25. The molecule has 1 aliphatic rings. The van der Waals surface area contributed by atoms with Crippen molar-refractivity contribution in [3.63, 3.8) is 0 Å². The van der Waals surface area contributed by atoms with Crippen LogP contribution in [0.25, 0.3) is 0 Å². The van der Waals surface area contributed by atoms with E-state index in [1.54, 1.807) is 7.11 Å². The molecule has 2 rings (SSSR count). The van der Waals surface area contributed by atoms with Gasteiger partial charge in [0.15, 0.2) is 5.78 Å². The number of methoxy groups -OCH3 is 1. The van der Waals surface area contributed by atoms with Crippen LogP contribution in [0.5, 0.6) is 5.75 Å². The van der Waals surface area contributed by atoms with E-state index >= 15 is 0 Å². The second-order valence-electron chi connectivity index (χ2n) is 5.26. The Morgan fingerprint density at radius 2 is 2.10 bits per heavy atom. The largest absolute Gasteiger partial charge is 0.496 e. The van der Waals surface area contributed by atoms with E-state index in [4.69, 9.17) is 4.74 Å². The number of nitrogens with zero attached hydrogens (tertiary/aromatic N) is 1. The van der Waals surface area contributed by atoms with E-state index in [-0.39, 0.29) is 11.8 Å². The van der Waals surface area contributed by atoms with E-state index < -0.39 is 0 Å². The van der Waals surface area contributed by atoms with Gasteiger partial charge in [-0.05, 0) is 37.1 Å². The predicted octanol–water partition coefficient (Wildman–Crippen LogP) is 1.87. The van der Waals surface area contributed by atoms with E-state index in [1.807, 2.05) is 25.1 Å². The minimum Gasteiger partial charge on any atom is -0.496 e. The molecule has 0 aliphatic carbocycles. The van der Waals surface area contributed by atoms with Crippen LogP contribution in [0.3, 0.4) is 0 Å². The number of hydrogen-bond donors (Lipinski definition) is 1. The number of rotatable bonds is 5. The summed E-state index contributed by atoms with van der Waals surface area (Å²) >= 11 is 0. The Labute approximate surface area is 121 Å². The third-order valence-electron chi connectivity index (χ3n) is 3.96. The summed E-state index contributed by atoms with van der Waals surface area (Å²) in [4.78, 5) is 15.0. The fraction of sp³-hybridized carbons (Fsp3) is 0.562. The van der Waals surface area contributed by atoms with Gasteiger partial charge < -0.3 is 10.1 Å². The van der Waals surface area contributed by atoms with Gasteiger partial charge in [-0.15, -0.1) is 0 Å². The maximum absolute atomic E-state index is 12.7. The fourth-order valence-corrected chi connectivity index (χ4v) is 2.83. The number of carbonyl (C=O) groups is 1. The lowest BCUT2D eigenvalue weighted by atomic mass is 9.98. The highest BCUT2D eigenvalue weighted by atomic mass is 16.5. The predicted molar refractivity (Wildman–Crippen MR) is 80.6 cm³/mol. The lowest BCUT2D eigenvalue weighted by Gasteiger charge is -2.33. The van der Waals surface area contributed by atoms with E-state index in [0.717, 1.165) is 49.5 Å². The van der Waals surface area contributed by atoms with Gasteiger partial charge in [0, 0.05) is 31.7 Å². The summed E-state index contributed by atoms with van der Waals surface area (Å²) in [6.45, 7) is 7.87. The van der Waals surface area contributed by atoms with Crippen molar-refractivity contribution in [1.82, 2.24) is 10.2 Å². The highest BCUT2D eigenvalue weighted by Crippen LogP contribution is 2.21. The molecule has 0 spiro atoms. The standard InChI is InChI=1S/C16H24N2O2/c1-4-14(18-9-7-17-8-10-18)16(19)13-5-6-15(20-3)12(2)11-13/h5-6,11,14,17H,4,7-10H2,1-3H3. The van der Waals surface area contributed by atoms with Crippen LogP contribution < -0.4 is 10.1 Å². The molecule has 20 heavy (non-hydrogen) atoms. The first-order valence-electron chi connectivity index (χ1n) is 7.31. The van der Waals surface area contributed by atoms with Crippen molar-refractivity contribution in [3.05, 3.63) is 29.3 Å². The molecule has 0 aromatic heterocycles. The minimum atomic E-state index is -0.00936. The molecule has 0 saturated carbocycles. The molecular formula is C16H24N2O2. The van der Waals surface area contributed by atoms with Crippen molar-refractivity contribution in [1.29, 1.82) is 0 Å². The van der Waals surface area contributed by atoms with Crippen LogP contribution in [0.4, 0.5) is 0 Å². The zero-order valence-corrected chi connectivity index (χ0v) is 12.6. The van der Waals surface area contributed by atoms with Crippen LogP contribution in [0.15, 0.2) is 18.2 Å². The number of benzene rings is 1. The summed E-state index contributed by atoms with van der Waals surface area (Å²) in [5.41, 5.74) is 1.79. The molecule has 0 bridgehead atoms. The lowest BCUT2D eigenvalue weighted by Crippen LogP contribution is -2.51. The first-order chi connectivity index (χ1) is 9.67. The lowest BCUT2D eigenvalue weighted by molar-refractivity contribution is 0.0790. The number of piperazine rings is 1. The normalized spacial score (nSPS) is 17.8. The zero-order chi connectivity index (χ0) is 14.5. The molecule has 110 valence electrons. The van der Waals surface area contributed by atoms with Gasteiger partial charge in [-0.25, -0.2) is 0 Å². The van der Waals surface area contributed by atoms with Crippen LogP contribution in [-0.2, 0) is 0 Å². The molecular weight excluding hydrogens is 252 g/mol. The van der Waals surface area contributed by atoms with E-state index in [1.165, 1.54) is 0 Å². The van der Waals surface area contributed by atoms with Crippen molar-refractivity contribution < 1.29 is 9.53 Å². The monoisotopic (exact) mass is 276 g/mol. The quantitative estimate of drug-likeness (QED) is 0.834. The highest BCUT2D eigenvalue weighted by molar-refractivity contribution is 6.00. The number of ether oxygens (including phenoxy) is 1. The first kappa shape index (κ1) is 15.0. The molecule has 1 aromatic rings. The number of carbonyl (C=O) groups excluding carboxylic acids is 1. The van der Waals surface area contributed by atoms with Gasteiger partial charge in [-0.2, -0.15) is 0 Å². The topological polar surface area (TPSA) is 41.6 Å². The molecule has 1 saturated heterocycles. The van der Waals surface area contributed by atoms with Crippen molar-refractivity contribution in [2.75, 3.05) is 33.3 Å². The molecule has 1 N–H and O–H groups in total. The smallest absolute Gasteiger partial charge is 0.179 e. The van der Waals surface area contributed by atoms with Crippen LogP contribution in [0, 0.1) is 6.92 Å². The van der Waals surface area contributed by atoms with Crippen LogP contribution in [-0.4, -0.2) is 50.0 Å². The maximum Gasteiger partial charge on any atom is 0.179 e. The van der Waals surface area contributed by atoms with Gasteiger partial charge >= 0.3 is 0 Å². The number of Topliss-reactive ketones (excluding diaryl/α,β-unsaturated/α-hetero) is 1. The highest BCUT2D eigenvalue weighted by Gasteiger charge is 2.26. The molecule has 1 unspecified atom stereocenters. The average molecular weight is 276 g/mol. The van der Waals surface area contributed by atoms with Gasteiger partial charge in [-0.1, -0.05) is 6.92 Å². The van der Waals surface area contributed by atoms with Crippen molar-refractivity contribution >= 4 is 5.78 Å². The number of nitrogens with one attached hydrogen (secondary N) is 1. The molecule has 0 radical (unpaired) electrons. The molecule has 1 fully saturated rings. The average Bonchev–Trinajstić information content (AvgIpc) is 2.49. The fourth-order valence-electron chi connectivity index (χ4n) is 2.83. The Balaban J connectivity index is 2.17.